The first-order valence-corrected chi connectivity index (χ1v) is 9.56. The third kappa shape index (κ3) is 3.76. The second kappa shape index (κ2) is 7.58. The summed E-state index contributed by atoms with van der Waals surface area (Å²) in [5, 5.41) is 0. The molecule has 1 saturated carbocycles. The highest BCUT2D eigenvalue weighted by Gasteiger charge is 2.44. The van der Waals surface area contributed by atoms with Crippen LogP contribution in [0.5, 0.6) is 5.75 Å². The normalized spacial score (nSPS) is 26.2. The maximum absolute atomic E-state index is 13.2. The number of carbonyl (C=O) groups is 1. The minimum absolute atomic E-state index is 0.255. The van der Waals surface area contributed by atoms with Crippen LogP contribution in [0.3, 0.4) is 0 Å². The summed E-state index contributed by atoms with van der Waals surface area (Å²) in [6, 6.07) is 8.63. The number of ether oxygens (including phenoxy) is 1. The van der Waals surface area contributed by atoms with Gasteiger partial charge in [-0.05, 0) is 43.4 Å². The van der Waals surface area contributed by atoms with Crippen molar-refractivity contribution in [1.29, 1.82) is 0 Å². The van der Waals surface area contributed by atoms with Crippen molar-refractivity contribution in [2.24, 2.45) is 5.41 Å². The monoisotopic (exact) mass is 329 g/mol. The Morgan fingerprint density at radius 2 is 1.88 bits per heavy atom. The second-order valence-corrected chi connectivity index (χ2v) is 7.84. The average molecular weight is 329 g/mol. The summed E-state index contributed by atoms with van der Waals surface area (Å²) >= 11 is 0. The van der Waals surface area contributed by atoms with Gasteiger partial charge in [-0.15, -0.1) is 0 Å². The maximum atomic E-state index is 13.2. The smallest absolute Gasteiger partial charge is 0.229 e. The summed E-state index contributed by atoms with van der Waals surface area (Å²) in [6.45, 7) is 3.09. The standard InChI is InChI=1S/C21H31NO2/c1-21(16-17-9-8-12-19(15-17)24-2)13-14-22(20(21)23)18-10-6-4-3-5-7-11-18/h8-9,12,15,18H,3-7,10-11,13-14,16H2,1-2H3. The van der Waals surface area contributed by atoms with Crippen LogP contribution in [0.4, 0.5) is 0 Å². The van der Waals surface area contributed by atoms with Gasteiger partial charge in [0.1, 0.15) is 5.75 Å². The minimum atomic E-state index is -0.255. The fourth-order valence-electron chi connectivity index (χ4n) is 4.41. The van der Waals surface area contributed by atoms with Crippen LogP contribution >= 0.6 is 0 Å². The Morgan fingerprint density at radius 3 is 2.58 bits per heavy atom. The van der Waals surface area contributed by atoms with Crippen molar-refractivity contribution in [3.8, 4) is 5.75 Å². The molecule has 1 aromatic carbocycles. The van der Waals surface area contributed by atoms with Crippen LogP contribution in [-0.2, 0) is 11.2 Å². The van der Waals surface area contributed by atoms with Crippen molar-refractivity contribution in [3.63, 3.8) is 0 Å². The van der Waals surface area contributed by atoms with Gasteiger partial charge in [0.25, 0.3) is 0 Å². The summed E-state index contributed by atoms with van der Waals surface area (Å²) in [5.74, 6) is 1.24. The SMILES string of the molecule is COc1cccc(CC2(C)CCN(C3CCCCCCC3)C2=O)c1. The van der Waals surface area contributed by atoms with Crippen LogP contribution in [0, 0.1) is 5.41 Å². The molecule has 1 aliphatic carbocycles. The van der Waals surface area contributed by atoms with Gasteiger partial charge in [-0.1, -0.05) is 51.2 Å². The van der Waals surface area contributed by atoms with Gasteiger partial charge in [0.15, 0.2) is 0 Å². The molecule has 1 aromatic rings. The van der Waals surface area contributed by atoms with Crippen molar-refractivity contribution in [2.45, 2.75) is 70.8 Å². The Hall–Kier alpha value is -1.51. The lowest BCUT2D eigenvalue weighted by molar-refractivity contribution is -0.137. The molecule has 0 radical (unpaired) electrons. The molecule has 3 heteroatoms. The first-order valence-electron chi connectivity index (χ1n) is 9.56. The fourth-order valence-corrected chi connectivity index (χ4v) is 4.41. The zero-order valence-electron chi connectivity index (χ0n) is 15.2. The van der Waals surface area contributed by atoms with Crippen LogP contribution in [0.25, 0.3) is 0 Å². The van der Waals surface area contributed by atoms with E-state index < -0.39 is 0 Å². The van der Waals surface area contributed by atoms with Crippen molar-refractivity contribution in [2.75, 3.05) is 13.7 Å². The molecule has 0 aromatic heterocycles. The number of methoxy groups -OCH3 is 1. The van der Waals surface area contributed by atoms with Crippen molar-refractivity contribution < 1.29 is 9.53 Å². The first kappa shape index (κ1) is 17.3. The highest BCUT2D eigenvalue weighted by atomic mass is 16.5. The third-order valence-corrected chi connectivity index (χ3v) is 5.93. The van der Waals surface area contributed by atoms with Crippen LogP contribution in [0.1, 0.15) is 63.9 Å². The van der Waals surface area contributed by atoms with Gasteiger partial charge in [0.2, 0.25) is 5.91 Å². The van der Waals surface area contributed by atoms with Gasteiger partial charge >= 0.3 is 0 Å². The van der Waals surface area contributed by atoms with E-state index in [1.54, 1.807) is 7.11 Å². The average Bonchev–Trinajstić information content (AvgIpc) is 2.83. The summed E-state index contributed by atoms with van der Waals surface area (Å²) < 4.78 is 5.33. The number of hydrogen-bond donors (Lipinski definition) is 0. The van der Waals surface area contributed by atoms with Gasteiger partial charge in [0, 0.05) is 12.6 Å². The van der Waals surface area contributed by atoms with E-state index >= 15 is 0 Å². The molecule has 132 valence electrons. The lowest BCUT2D eigenvalue weighted by Crippen LogP contribution is -2.41. The van der Waals surface area contributed by atoms with E-state index in [-0.39, 0.29) is 5.41 Å². The topological polar surface area (TPSA) is 29.5 Å². The minimum Gasteiger partial charge on any atom is -0.497 e. The number of carbonyl (C=O) groups excluding carboxylic acids is 1. The van der Waals surface area contributed by atoms with Crippen LogP contribution in [-0.4, -0.2) is 30.5 Å². The molecular formula is C21H31NO2. The highest BCUT2D eigenvalue weighted by molar-refractivity contribution is 5.85. The summed E-state index contributed by atoms with van der Waals surface area (Å²) in [7, 11) is 1.69. The molecule has 1 unspecified atom stereocenters. The van der Waals surface area contributed by atoms with Crippen molar-refractivity contribution >= 4 is 5.91 Å². The van der Waals surface area contributed by atoms with E-state index in [9.17, 15) is 4.79 Å². The lowest BCUT2D eigenvalue weighted by atomic mass is 9.82. The molecule has 1 atom stereocenters. The number of amides is 1. The molecule has 1 saturated heterocycles. The molecule has 0 N–H and O–H groups in total. The molecule has 1 heterocycles. The molecule has 1 amide bonds. The zero-order valence-corrected chi connectivity index (χ0v) is 15.2. The Labute approximate surface area is 146 Å². The predicted octanol–water partition coefficient (Wildman–Crippen LogP) is 4.59. The molecule has 24 heavy (non-hydrogen) atoms. The third-order valence-electron chi connectivity index (χ3n) is 5.93. The number of benzene rings is 1. The van der Waals surface area contributed by atoms with Gasteiger partial charge < -0.3 is 9.64 Å². The van der Waals surface area contributed by atoms with E-state index in [1.807, 2.05) is 12.1 Å². The molecule has 0 bridgehead atoms. The van der Waals surface area contributed by atoms with Crippen LogP contribution < -0.4 is 4.74 Å². The Morgan fingerprint density at radius 1 is 1.17 bits per heavy atom. The summed E-state index contributed by atoms with van der Waals surface area (Å²) in [5.41, 5.74) is 0.944. The molecule has 0 spiro atoms. The Kier molecular flexibility index (Phi) is 5.47. The molecular weight excluding hydrogens is 298 g/mol. The largest absolute Gasteiger partial charge is 0.497 e. The van der Waals surface area contributed by atoms with Gasteiger partial charge in [-0.2, -0.15) is 0 Å². The lowest BCUT2D eigenvalue weighted by Gasteiger charge is -2.31. The molecule has 2 fully saturated rings. The van der Waals surface area contributed by atoms with E-state index in [0.29, 0.717) is 11.9 Å². The number of likely N-dealkylation sites (tertiary alicyclic amines) is 1. The molecule has 3 rings (SSSR count). The quantitative estimate of drug-likeness (QED) is 0.808. The Balaban J connectivity index is 1.69. The summed E-state index contributed by atoms with van der Waals surface area (Å²) in [6.07, 6.45) is 10.8. The van der Waals surface area contributed by atoms with Crippen molar-refractivity contribution in [3.05, 3.63) is 29.8 Å². The molecule has 2 aliphatic rings. The van der Waals surface area contributed by atoms with Crippen molar-refractivity contribution in [1.82, 2.24) is 4.90 Å². The van der Waals surface area contributed by atoms with Gasteiger partial charge in [-0.25, -0.2) is 0 Å². The first-order chi connectivity index (χ1) is 11.6. The number of rotatable bonds is 4. The Bertz CT molecular complexity index is 563. The highest BCUT2D eigenvalue weighted by Crippen LogP contribution is 2.38. The maximum Gasteiger partial charge on any atom is 0.229 e. The van der Waals surface area contributed by atoms with E-state index in [4.69, 9.17) is 4.74 Å². The van der Waals surface area contributed by atoms with Gasteiger partial charge in [0.05, 0.1) is 12.5 Å². The molecule has 3 nitrogen and oxygen atoms in total. The second-order valence-electron chi connectivity index (χ2n) is 7.84. The van der Waals surface area contributed by atoms with Crippen LogP contribution in [0.15, 0.2) is 24.3 Å². The van der Waals surface area contributed by atoms with E-state index in [1.165, 1.54) is 50.5 Å². The predicted molar refractivity (Wildman–Crippen MR) is 97.2 cm³/mol. The summed E-state index contributed by atoms with van der Waals surface area (Å²) in [4.78, 5) is 15.4. The molecule has 1 aliphatic heterocycles. The number of hydrogen-bond acceptors (Lipinski definition) is 2. The number of nitrogens with zero attached hydrogens (tertiary/aromatic N) is 1. The van der Waals surface area contributed by atoms with Gasteiger partial charge in [-0.3, -0.25) is 4.79 Å². The fraction of sp³-hybridized carbons (Fsp3) is 0.667. The van der Waals surface area contributed by atoms with E-state index in [2.05, 4.69) is 24.0 Å². The van der Waals surface area contributed by atoms with Crippen LogP contribution in [0.2, 0.25) is 0 Å². The van der Waals surface area contributed by atoms with E-state index in [0.717, 1.165) is 25.1 Å². The zero-order chi connectivity index (χ0) is 17.0.